The molecule has 0 aliphatic rings. The third-order valence-electron chi connectivity index (χ3n) is 3.11. The predicted octanol–water partition coefficient (Wildman–Crippen LogP) is 2.00. The van der Waals surface area contributed by atoms with Crippen molar-refractivity contribution in [2.75, 3.05) is 0 Å². The summed E-state index contributed by atoms with van der Waals surface area (Å²) in [6.45, 7) is 6.67. The van der Waals surface area contributed by atoms with E-state index in [-0.39, 0.29) is 6.54 Å². The normalized spacial score (nSPS) is 11.8. The molecule has 0 bridgehead atoms. The van der Waals surface area contributed by atoms with Gasteiger partial charge in [0.2, 0.25) is 10.0 Å². The van der Waals surface area contributed by atoms with E-state index in [2.05, 4.69) is 9.82 Å². The van der Waals surface area contributed by atoms with Gasteiger partial charge in [-0.1, -0.05) is 12.1 Å². The fourth-order valence-electron chi connectivity index (χ4n) is 1.92. The second-order valence-corrected chi connectivity index (χ2v) is 6.53. The zero-order valence-electron chi connectivity index (χ0n) is 11.9. The van der Waals surface area contributed by atoms with Crippen LogP contribution in [0, 0.1) is 13.8 Å². The minimum absolute atomic E-state index is 0.246. The number of sulfonamides is 1. The summed E-state index contributed by atoms with van der Waals surface area (Å²) in [7, 11) is -3.50. The van der Waals surface area contributed by atoms with Gasteiger partial charge in [0.15, 0.2) is 0 Å². The molecule has 2 aromatic rings. The lowest BCUT2D eigenvalue weighted by Gasteiger charge is -2.09. The number of nitrogens with one attached hydrogen (secondary N) is 1. The standard InChI is InChI=1S/C14H19N3O2S/c1-4-17-10-13(8-15-17)9-16-20(18,19)14-7-11(2)5-6-12(14)3/h5-8,10,16H,4,9H2,1-3H3. The predicted molar refractivity (Wildman–Crippen MR) is 77.8 cm³/mol. The Labute approximate surface area is 119 Å². The Balaban J connectivity index is 2.17. The molecule has 1 aromatic carbocycles. The fraction of sp³-hybridized carbons (Fsp3) is 0.357. The molecular formula is C14H19N3O2S. The monoisotopic (exact) mass is 293 g/mol. The van der Waals surface area contributed by atoms with Gasteiger partial charge in [-0.25, -0.2) is 13.1 Å². The topological polar surface area (TPSA) is 64.0 Å². The minimum Gasteiger partial charge on any atom is -0.273 e. The summed E-state index contributed by atoms with van der Waals surface area (Å²) in [6.07, 6.45) is 3.51. The number of aromatic nitrogens is 2. The average Bonchev–Trinajstić information content (AvgIpc) is 2.87. The molecule has 0 saturated carbocycles. The Morgan fingerprint density at radius 3 is 2.70 bits per heavy atom. The number of nitrogens with zero attached hydrogens (tertiary/aromatic N) is 2. The van der Waals surface area contributed by atoms with Crippen molar-refractivity contribution in [1.29, 1.82) is 0 Å². The number of benzene rings is 1. The van der Waals surface area contributed by atoms with Crippen LogP contribution in [0.4, 0.5) is 0 Å². The van der Waals surface area contributed by atoms with Crippen LogP contribution in [0.5, 0.6) is 0 Å². The second-order valence-electron chi connectivity index (χ2n) is 4.80. The molecule has 0 amide bonds. The number of hydrogen-bond donors (Lipinski definition) is 1. The van der Waals surface area contributed by atoms with E-state index in [4.69, 9.17) is 0 Å². The molecule has 20 heavy (non-hydrogen) atoms. The summed E-state index contributed by atoms with van der Waals surface area (Å²) in [5, 5.41) is 4.12. The van der Waals surface area contributed by atoms with E-state index < -0.39 is 10.0 Å². The molecule has 0 unspecified atom stereocenters. The van der Waals surface area contributed by atoms with Gasteiger partial charge < -0.3 is 0 Å². The third-order valence-corrected chi connectivity index (χ3v) is 4.65. The van der Waals surface area contributed by atoms with Gasteiger partial charge in [-0.3, -0.25) is 4.68 Å². The van der Waals surface area contributed by atoms with Crippen molar-refractivity contribution in [3.05, 3.63) is 47.3 Å². The number of rotatable bonds is 5. The van der Waals surface area contributed by atoms with Gasteiger partial charge in [0.1, 0.15) is 0 Å². The van der Waals surface area contributed by atoms with Crippen molar-refractivity contribution in [2.24, 2.45) is 0 Å². The van der Waals surface area contributed by atoms with Gasteiger partial charge in [-0.2, -0.15) is 5.10 Å². The van der Waals surface area contributed by atoms with Crippen LogP contribution >= 0.6 is 0 Å². The van der Waals surface area contributed by atoms with Crippen LogP contribution in [0.3, 0.4) is 0 Å². The van der Waals surface area contributed by atoms with Gasteiger partial charge in [-0.15, -0.1) is 0 Å². The Morgan fingerprint density at radius 1 is 1.30 bits per heavy atom. The Kier molecular flexibility index (Phi) is 4.25. The first-order chi connectivity index (χ1) is 9.42. The Hall–Kier alpha value is -1.66. The van der Waals surface area contributed by atoms with Crippen LogP contribution in [0.2, 0.25) is 0 Å². The molecule has 0 saturated heterocycles. The molecule has 1 aromatic heterocycles. The van der Waals surface area contributed by atoms with Crippen LogP contribution in [0.1, 0.15) is 23.6 Å². The van der Waals surface area contributed by atoms with Gasteiger partial charge in [0.25, 0.3) is 0 Å². The van der Waals surface area contributed by atoms with Crippen LogP contribution in [0.15, 0.2) is 35.5 Å². The molecule has 2 rings (SSSR count). The van der Waals surface area contributed by atoms with E-state index >= 15 is 0 Å². The molecule has 1 N–H and O–H groups in total. The highest BCUT2D eigenvalue weighted by molar-refractivity contribution is 7.89. The summed E-state index contributed by atoms with van der Waals surface area (Å²) in [5.41, 5.74) is 2.52. The molecule has 0 spiro atoms. The van der Waals surface area contributed by atoms with Crippen LogP contribution < -0.4 is 4.72 Å². The maximum atomic E-state index is 12.3. The molecule has 0 radical (unpaired) electrons. The molecule has 0 aliphatic carbocycles. The zero-order chi connectivity index (χ0) is 14.8. The van der Waals surface area contributed by atoms with Gasteiger partial charge in [0, 0.05) is 24.8 Å². The van der Waals surface area contributed by atoms with E-state index in [9.17, 15) is 8.42 Å². The zero-order valence-corrected chi connectivity index (χ0v) is 12.7. The summed E-state index contributed by atoms with van der Waals surface area (Å²) in [5.74, 6) is 0. The maximum absolute atomic E-state index is 12.3. The van der Waals surface area contributed by atoms with Crippen molar-refractivity contribution in [1.82, 2.24) is 14.5 Å². The number of hydrogen-bond acceptors (Lipinski definition) is 3. The first-order valence-corrected chi connectivity index (χ1v) is 7.99. The molecule has 0 atom stereocenters. The highest BCUT2D eigenvalue weighted by Crippen LogP contribution is 2.16. The van der Waals surface area contributed by atoms with Crippen molar-refractivity contribution in [3.8, 4) is 0 Å². The van der Waals surface area contributed by atoms with Crippen molar-refractivity contribution < 1.29 is 8.42 Å². The van der Waals surface area contributed by atoms with Gasteiger partial charge in [0.05, 0.1) is 11.1 Å². The lowest BCUT2D eigenvalue weighted by Crippen LogP contribution is -2.24. The highest BCUT2D eigenvalue weighted by Gasteiger charge is 2.16. The molecule has 108 valence electrons. The maximum Gasteiger partial charge on any atom is 0.241 e. The van der Waals surface area contributed by atoms with E-state index in [1.54, 1.807) is 23.9 Å². The van der Waals surface area contributed by atoms with Gasteiger partial charge in [-0.05, 0) is 38.0 Å². The summed E-state index contributed by atoms with van der Waals surface area (Å²) >= 11 is 0. The molecule has 0 fully saturated rings. The van der Waals surface area contributed by atoms with E-state index in [1.807, 2.05) is 32.2 Å². The minimum atomic E-state index is -3.50. The SMILES string of the molecule is CCn1cc(CNS(=O)(=O)c2cc(C)ccc2C)cn1. The molecular weight excluding hydrogens is 274 g/mol. The highest BCUT2D eigenvalue weighted by atomic mass is 32.2. The van der Waals surface area contributed by atoms with Gasteiger partial charge >= 0.3 is 0 Å². The quantitative estimate of drug-likeness (QED) is 0.917. The lowest BCUT2D eigenvalue weighted by atomic mass is 10.2. The van der Waals surface area contributed by atoms with E-state index in [0.717, 1.165) is 23.2 Å². The smallest absolute Gasteiger partial charge is 0.241 e. The summed E-state index contributed by atoms with van der Waals surface area (Å²) < 4.78 is 29.0. The third kappa shape index (κ3) is 3.26. The van der Waals surface area contributed by atoms with Crippen molar-refractivity contribution in [3.63, 3.8) is 0 Å². The van der Waals surface area contributed by atoms with E-state index in [0.29, 0.717) is 4.90 Å². The summed E-state index contributed by atoms with van der Waals surface area (Å²) in [4.78, 5) is 0.334. The molecule has 0 aliphatic heterocycles. The van der Waals surface area contributed by atoms with Crippen molar-refractivity contribution >= 4 is 10.0 Å². The second kappa shape index (κ2) is 5.76. The van der Waals surface area contributed by atoms with Crippen molar-refractivity contribution in [2.45, 2.75) is 38.8 Å². The fourth-order valence-corrected chi connectivity index (χ4v) is 3.27. The largest absolute Gasteiger partial charge is 0.273 e. The van der Waals surface area contributed by atoms with Crippen LogP contribution in [-0.2, 0) is 23.1 Å². The van der Waals surface area contributed by atoms with Crippen LogP contribution in [0.25, 0.3) is 0 Å². The Bertz CT molecular complexity index is 705. The van der Waals surface area contributed by atoms with E-state index in [1.165, 1.54) is 0 Å². The average molecular weight is 293 g/mol. The molecule has 6 heteroatoms. The first kappa shape index (κ1) is 14.7. The molecule has 5 nitrogen and oxygen atoms in total. The lowest BCUT2D eigenvalue weighted by molar-refractivity contribution is 0.580. The molecule has 1 heterocycles. The Morgan fingerprint density at radius 2 is 2.05 bits per heavy atom. The first-order valence-electron chi connectivity index (χ1n) is 6.50. The summed E-state index contributed by atoms with van der Waals surface area (Å²) in [6, 6.07) is 5.41. The number of aryl methyl sites for hydroxylation is 3. The van der Waals surface area contributed by atoms with Crippen LogP contribution in [-0.4, -0.2) is 18.2 Å².